The van der Waals surface area contributed by atoms with Gasteiger partial charge in [-0.1, -0.05) is 6.92 Å². The number of amides is 2. The van der Waals surface area contributed by atoms with Crippen molar-refractivity contribution in [2.24, 2.45) is 11.3 Å². The Morgan fingerprint density at radius 3 is 2.44 bits per heavy atom. The Hall–Kier alpha value is -2.52. The molecule has 0 aliphatic carbocycles. The summed E-state index contributed by atoms with van der Waals surface area (Å²) in [7, 11) is 0. The van der Waals surface area contributed by atoms with Gasteiger partial charge in [0.15, 0.2) is 0 Å². The highest BCUT2D eigenvalue weighted by Crippen LogP contribution is 2.35. The lowest BCUT2D eigenvalue weighted by atomic mass is 9.89. The third-order valence-electron chi connectivity index (χ3n) is 5.13. The molecule has 1 fully saturated rings. The molecule has 1 aliphatic rings. The minimum absolute atomic E-state index is 0.0236. The highest BCUT2D eigenvalue weighted by atomic mass is 19.4. The summed E-state index contributed by atoms with van der Waals surface area (Å²) < 4.78 is 50.1. The zero-order chi connectivity index (χ0) is 24.3. The monoisotopic (exact) mass is 459 g/mol. The van der Waals surface area contributed by atoms with Crippen molar-refractivity contribution in [3.63, 3.8) is 0 Å². The zero-order valence-corrected chi connectivity index (χ0v) is 19.4. The second-order valence-electron chi connectivity index (χ2n) is 9.80. The number of hydrogen-bond acceptors (Lipinski definition) is 5. The van der Waals surface area contributed by atoms with E-state index in [2.05, 4.69) is 10.3 Å². The quantitative estimate of drug-likeness (QED) is 0.711. The second-order valence-corrected chi connectivity index (χ2v) is 9.80. The van der Waals surface area contributed by atoms with Crippen LogP contribution in [0.15, 0.2) is 18.3 Å². The predicted octanol–water partition coefficient (Wildman–Crippen LogP) is 4.27. The van der Waals surface area contributed by atoms with Crippen LogP contribution in [0.5, 0.6) is 5.88 Å². The van der Waals surface area contributed by atoms with Gasteiger partial charge in [0.2, 0.25) is 11.8 Å². The first-order valence-corrected chi connectivity index (χ1v) is 10.5. The smallest absolute Gasteiger partial charge is 0.421 e. The number of carbonyl (C=O) groups excluding carboxylic acids is 2. The molecule has 0 saturated carbocycles. The summed E-state index contributed by atoms with van der Waals surface area (Å²) in [4.78, 5) is 30.4. The van der Waals surface area contributed by atoms with Crippen molar-refractivity contribution < 1.29 is 32.2 Å². The van der Waals surface area contributed by atoms with Crippen LogP contribution in [0.2, 0.25) is 0 Å². The van der Waals surface area contributed by atoms with Gasteiger partial charge in [-0.25, -0.2) is 9.78 Å². The topological polar surface area (TPSA) is 80.8 Å². The van der Waals surface area contributed by atoms with E-state index < -0.39 is 34.7 Å². The van der Waals surface area contributed by atoms with Gasteiger partial charge < -0.3 is 19.7 Å². The molecule has 1 aromatic rings. The fourth-order valence-corrected chi connectivity index (χ4v) is 3.25. The summed E-state index contributed by atoms with van der Waals surface area (Å²) in [6, 6.07) is 1.88. The van der Waals surface area contributed by atoms with E-state index in [0.29, 0.717) is 19.5 Å². The standard InChI is InChI=1S/C22H32F3N3O4/c1-14-12-28(19(30)32-20(2,3)4)11-9-16(14)27-18(29)21(5,6)13-31-17-15(22(23,24)25)8-7-10-26-17/h7-8,10,14,16H,9,11-13H2,1-6H3,(H,27,29)/t14-,16-/m0/s1. The van der Waals surface area contributed by atoms with Crippen LogP contribution < -0.4 is 10.1 Å². The lowest BCUT2D eigenvalue weighted by Gasteiger charge is -2.39. The molecule has 2 amide bonds. The van der Waals surface area contributed by atoms with Crippen molar-refractivity contribution in [3.05, 3.63) is 23.9 Å². The van der Waals surface area contributed by atoms with E-state index >= 15 is 0 Å². The SMILES string of the molecule is C[C@H]1CN(C(=O)OC(C)(C)C)CC[C@@H]1NC(=O)C(C)(C)COc1ncccc1C(F)(F)F. The van der Waals surface area contributed by atoms with Crippen LogP contribution in [0.3, 0.4) is 0 Å². The van der Waals surface area contributed by atoms with Gasteiger partial charge in [-0.3, -0.25) is 4.79 Å². The Morgan fingerprint density at radius 2 is 1.88 bits per heavy atom. The summed E-state index contributed by atoms with van der Waals surface area (Å²) in [6.07, 6.45) is -3.24. The number of carbonyl (C=O) groups is 2. The molecule has 2 atom stereocenters. The number of hydrogen-bond donors (Lipinski definition) is 1. The van der Waals surface area contributed by atoms with Crippen LogP contribution in [-0.4, -0.2) is 53.2 Å². The molecular formula is C22H32F3N3O4. The molecule has 2 rings (SSSR count). The number of rotatable bonds is 5. The number of pyridine rings is 1. The summed E-state index contributed by atoms with van der Waals surface area (Å²) in [6.45, 7) is 11.1. The number of nitrogens with zero attached hydrogens (tertiary/aromatic N) is 2. The lowest BCUT2D eigenvalue weighted by Crippen LogP contribution is -2.54. The first-order valence-electron chi connectivity index (χ1n) is 10.5. The Labute approximate surface area is 186 Å². The molecule has 10 heteroatoms. The van der Waals surface area contributed by atoms with Crippen molar-refractivity contribution in [2.45, 2.75) is 65.8 Å². The molecule has 180 valence electrons. The highest BCUT2D eigenvalue weighted by Gasteiger charge is 2.38. The second kappa shape index (κ2) is 9.54. The summed E-state index contributed by atoms with van der Waals surface area (Å²) in [5.41, 5.74) is -2.67. The molecule has 2 heterocycles. The Morgan fingerprint density at radius 1 is 1.22 bits per heavy atom. The maximum Gasteiger partial charge on any atom is 0.421 e. The minimum atomic E-state index is -4.60. The molecule has 0 radical (unpaired) electrons. The van der Waals surface area contributed by atoms with Gasteiger partial charge in [-0.05, 0) is 59.1 Å². The number of aromatic nitrogens is 1. The number of nitrogens with one attached hydrogen (secondary N) is 1. The molecule has 1 N–H and O–H groups in total. The van der Waals surface area contributed by atoms with Crippen LogP contribution in [0, 0.1) is 11.3 Å². The van der Waals surface area contributed by atoms with Gasteiger partial charge >= 0.3 is 12.3 Å². The summed E-state index contributed by atoms with van der Waals surface area (Å²) in [5.74, 6) is -0.922. The predicted molar refractivity (Wildman–Crippen MR) is 112 cm³/mol. The summed E-state index contributed by atoms with van der Waals surface area (Å²) >= 11 is 0. The van der Waals surface area contributed by atoms with E-state index in [0.717, 1.165) is 6.07 Å². The normalized spacial score (nSPS) is 20.0. The van der Waals surface area contributed by atoms with Gasteiger partial charge in [0.05, 0.1) is 5.41 Å². The van der Waals surface area contributed by atoms with Crippen LogP contribution >= 0.6 is 0 Å². The number of piperidine rings is 1. The molecule has 1 aromatic heterocycles. The van der Waals surface area contributed by atoms with Crippen LogP contribution in [0.1, 0.15) is 53.5 Å². The van der Waals surface area contributed by atoms with Crippen molar-refractivity contribution in [1.29, 1.82) is 0 Å². The van der Waals surface area contributed by atoms with E-state index in [1.807, 2.05) is 6.92 Å². The molecule has 0 spiro atoms. The van der Waals surface area contributed by atoms with Gasteiger partial charge in [-0.2, -0.15) is 13.2 Å². The molecule has 0 bridgehead atoms. The van der Waals surface area contributed by atoms with Crippen LogP contribution in [0.4, 0.5) is 18.0 Å². The number of likely N-dealkylation sites (tertiary alicyclic amines) is 1. The van der Waals surface area contributed by atoms with Crippen molar-refractivity contribution >= 4 is 12.0 Å². The molecule has 7 nitrogen and oxygen atoms in total. The molecule has 1 saturated heterocycles. The molecule has 0 unspecified atom stereocenters. The third-order valence-corrected chi connectivity index (χ3v) is 5.13. The Bertz CT molecular complexity index is 821. The van der Waals surface area contributed by atoms with E-state index in [4.69, 9.17) is 9.47 Å². The first-order chi connectivity index (χ1) is 14.6. The van der Waals surface area contributed by atoms with Crippen molar-refractivity contribution in [3.8, 4) is 5.88 Å². The highest BCUT2D eigenvalue weighted by molar-refractivity contribution is 5.82. The number of alkyl halides is 3. The van der Waals surface area contributed by atoms with Crippen molar-refractivity contribution in [1.82, 2.24) is 15.2 Å². The Kier molecular flexibility index (Phi) is 7.67. The van der Waals surface area contributed by atoms with Crippen molar-refractivity contribution in [2.75, 3.05) is 19.7 Å². The maximum atomic E-state index is 13.1. The van der Waals surface area contributed by atoms with E-state index in [1.54, 1.807) is 39.5 Å². The lowest BCUT2D eigenvalue weighted by molar-refractivity contribution is -0.139. The molecule has 32 heavy (non-hydrogen) atoms. The van der Waals surface area contributed by atoms with Gasteiger partial charge in [0.1, 0.15) is 17.8 Å². The summed E-state index contributed by atoms with van der Waals surface area (Å²) in [5, 5.41) is 2.96. The maximum absolute atomic E-state index is 13.1. The van der Waals surface area contributed by atoms with E-state index in [9.17, 15) is 22.8 Å². The van der Waals surface area contributed by atoms with E-state index in [-0.39, 0.29) is 24.5 Å². The van der Waals surface area contributed by atoms with Crippen LogP contribution in [-0.2, 0) is 15.7 Å². The van der Waals surface area contributed by atoms with Gasteiger partial charge in [0, 0.05) is 25.3 Å². The first kappa shape index (κ1) is 25.7. The zero-order valence-electron chi connectivity index (χ0n) is 19.4. The average Bonchev–Trinajstić information content (AvgIpc) is 2.66. The average molecular weight is 460 g/mol. The fourth-order valence-electron chi connectivity index (χ4n) is 3.25. The molecule has 0 aromatic carbocycles. The fraction of sp³-hybridized carbons (Fsp3) is 0.682. The largest absolute Gasteiger partial charge is 0.476 e. The molecule has 1 aliphatic heterocycles. The molecular weight excluding hydrogens is 427 g/mol. The Balaban J connectivity index is 1.94. The van der Waals surface area contributed by atoms with E-state index in [1.165, 1.54) is 12.3 Å². The number of halogens is 3. The van der Waals surface area contributed by atoms with Crippen LogP contribution in [0.25, 0.3) is 0 Å². The third kappa shape index (κ3) is 7.00. The number of ether oxygens (including phenoxy) is 2. The van der Waals surface area contributed by atoms with Gasteiger partial charge in [-0.15, -0.1) is 0 Å². The minimum Gasteiger partial charge on any atom is -0.476 e. The van der Waals surface area contributed by atoms with Gasteiger partial charge in [0.25, 0.3) is 0 Å².